The second-order valence-electron chi connectivity index (χ2n) is 15.5. The molecule has 0 saturated carbocycles. The predicted molar refractivity (Wildman–Crippen MR) is 212 cm³/mol. The molecule has 0 heterocycles. The maximum absolute atomic E-state index is 12.6. The summed E-state index contributed by atoms with van der Waals surface area (Å²) in [5.74, 6) is 0.498. The SMILES string of the molecule is CCCCCC/C=C\CCCCCCCCCC(=O)O[C@H](COCCCCCCCCCCCCCCC(C)C)COP(=O)([O-])OCC[NH+](C)C. The van der Waals surface area contributed by atoms with Crippen LogP contribution in [0.5, 0.6) is 0 Å². The summed E-state index contributed by atoms with van der Waals surface area (Å²) in [6.45, 7) is 7.81. The number of hydrogen-bond donors (Lipinski definition) is 1. The minimum Gasteiger partial charge on any atom is -0.756 e. The average molecular weight is 746 g/mol. The number of phosphoric acid groups is 1. The number of ether oxygens (including phenoxy) is 2. The summed E-state index contributed by atoms with van der Waals surface area (Å²) in [6.07, 6.45) is 36.4. The highest BCUT2D eigenvalue weighted by Crippen LogP contribution is 2.38. The van der Waals surface area contributed by atoms with Crippen LogP contribution in [0.15, 0.2) is 12.2 Å². The third-order valence-electron chi connectivity index (χ3n) is 9.33. The van der Waals surface area contributed by atoms with Gasteiger partial charge in [0, 0.05) is 13.0 Å². The molecule has 0 aliphatic heterocycles. The molecule has 0 aliphatic carbocycles. The van der Waals surface area contributed by atoms with Crippen LogP contribution < -0.4 is 9.79 Å². The van der Waals surface area contributed by atoms with Crippen LogP contribution in [-0.2, 0) is 27.9 Å². The molecule has 0 saturated heterocycles. The van der Waals surface area contributed by atoms with Crippen molar-refractivity contribution in [3.05, 3.63) is 12.2 Å². The van der Waals surface area contributed by atoms with Crippen molar-refractivity contribution in [2.24, 2.45) is 5.92 Å². The first kappa shape index (κ1) is 50.2. The standard InChI is InChI=1S/C42H84NO7P/c1-6-7-8-9-10-11-12-13-14-15-19-22-25-28-31-34-42(44)50-41(39-49-51(45,46)48-37-35-43(4)5)38-47-36-32-29-26-23-20-17-16-18-21-24-27-30-33-40(2)3/h11-12,40-41H,6-10,13-39H2,1-5H3,(H,45,46)/b12-11-/t41-/m1/s1. The van der Waals surface area contributed by atoms with Gasteiger partial charge in [0.05, 0.1) is 27.3 Å². The summed E-state index contributed by atoms with van der Waals surface area (Å²) in [4.78, 5) is 25.9. The maximum Gasteiger partial charge on any atom is 0.306 e. The Labute approximate surface area is 316 Å². The minimum atomic E-state index is -4.49. The number of likely N-dealkylation sites (N-methyl/N-ethyl adjacent to an activating group) is 1. The number of hydrogen-bond acceptors (Lipinski definition) is 7. The fourth-order valence-electron chi connectivity index (χ4n) is 6.01. The van der Waals surface area contributed by atoms with Crippen molar-refractivity contribution in [2.45, 2.75) is 200 Å². The summed E-state index contributed by atoms with van der Waals surface area (Å²) in [6, 6.07) is 0. The van der Waals surface area contributed by atoms with Crippen molar-refractivity contribution in [2.75, 3.05) is 47.1 Å². The van der Waals surface area contributed by atoms with Crippen molar-refractivity contribution in [3.63, 3.8) is 0 Å². The fraction of sp³-hybridized carbons (Fsp3) is 0.929. The number of rotatable bonds is 40. The number of quaternary nitrogens is 1. The summed E-state index contributed by atoms with van der Waals surface area (Å²) in [5.41, 5.74) is 0. The molecule has 0 rings (SSSR count). The van der Waals surface area contributed by atoms with Crippen LogP contribution in [0.3, 0.4) is 0 Å². The van der Waals surface area contributed by atoms with E-state index in [2.05, 4.69) is 32.9 Å². The quantitative estimate of drug-likeness (QED) is 0.0289. The normalized spacial score (nSPS) is 13.8. The van der Waals surface area contributed by atoms with Gasteiger partial charge in [-0.15, -0.1) is 0 Å². The Morgan fingerprint density at radius 2 is 1.14 bits per heavy atom. The van der Waals surface area contributed by atoms with Gasteiger partial charge in [-0.05, 0) is 44.4 Å². The highest BCUT2D eigenvalue weighted by atomic mass is 31.2. The smallest absolute Gasteiger partial charge is 0.306 e. The van der Waals surface area contributed by atoms with Crippen LogP contribution >= 0.6 is 7.82 Å². The van der Waals surface area contributed by atoms with Crippen LogP contribution in [0.25, 0.3) is 0 Å². The zero-order valence-electron chi connectivity index (χ0n) is 34.2. The first-order valence-electron chi connectivity index (χ1n) is 21.5. The van der Waals surface area contributed by atoms with Crippen LogP contribution in [0.1, 0.15) is 194 Å². The van der Waals surface area contributed by atoms with E-state index in [1.807, 2.05) is 14.1 Å². The van der Waals surface area contributed by atoms with E-state index < -0.39 is 13.9 Å². The fourth-order valence-corrected chi connectivity index (χ4v) is 6.75. The van der Waals surface area contributed by atoms with Crippen molar-refractivity contribution in [3.8, 4) is 0 Å². The van der Waals surface area contributed by atoms with E-state index in [-0.39, 0.29) is 25.8 Å². The van der Waals surface area contributed by atoms with Crippen molar-refractivity contribution >= 4 is 13.8 Å². The highest BCUT2D eigenvalue weighted by molar-refractivity contribution is 7.45. The molecule has 8 nitrogen and oxygen atoms in total. The van der Waals surface area contributed by atoms with Gasteiger partial charge in [-0.1, -0.05) is 161 Å². The number of carbonyl (C=O) groups excluding carboxylic acids is 1. The van der Waals surface area contributed by atoms with E-state index >= 15 is 0 Å². The molecule has 0 aromatic heterocycles. The molecule has 1 unspecified atom stereocenters. The minimum absolute atomic E-state index is 0.0406. The molecule has 2 atom stereocenters. The molecule has 0 aliphatic rings. The van der Waals surface area contributed by atoms with E-state index in [4.69, 9.17) is 18.5 Å². The van der Waals surface area contributed by atoms with Crippen molar-refractivity contribution in [1.82, 2.24) is 0 Å². The molecule has 0 aromatic carbocycles. The Kier molecular flexibility index (Phi) is 37.0. The zero-order chi connectivity index (χ0) is 37.7. The van der Waals surface area contributed by atoms with Gasteiger partial charge in [0.1, 0.15) is 19.3 Å². The van der Waals surface area contributed by atoms with Gasteiger partial charge in [0.25, 0.3) is 7.82 Å². The van der Waals surface area contributed by atoms with E-state index in [1.54, 1.807) is 0 Å². The lowest BCUT2D eigenvalue weighted by atomic mass is 10.0. The van der Waals surface area contributed by atoms with E-state index in [0.717, 1.165) is 42.9 Å². The summed E-state index contributed by atoms with van der Waals surface area (Å²) < 4.78 is 33.8. The Balaban J connectivity index is 4.16. The molecule has 0 fully saturated rings. The number of carbonyl (C=O) groups is 1. The van der Waals surface area contributed by atoms with E-state index in [1.165, 1.54) is 135 Å². The molecule has 9 heteroatoms. The molecular formula is C42H84NO7P. The second-order valence-corrected chi connectivity index (χ2v) is 16.9. The van der Waals surface area contributed by atoms with Crippen molar-refractivity contribution < 1.29 is 37.7 Å². The van der Waals surface area contributed by atoms with E-state index in [9.17, 15) is 14.3 Å². The monoisotopic (exact) mass is 746 g/mol. The van der Waals surface area contributed by atoms with Gasteiger partial charge in [-0.25, -0.2) is 0 Å². The largest absolute Gasteiger partial charge is 0.756 e. The maximum atomic E-state index is 12.6. The molecule has 0 bridgehead atoms. The molecule has 51 heavy (non-hydrogen) atoms. The predicted octanol–water partition coefficient (Wildman–Crippen LogP) is 10.3. The van der Waals surface area contributed by atoms with Crippen LogP contribution in [0.2, 0.25) is 0 Å². The third kappa shape index (κ3) is 40.3. The molecule has 1 N–H and O–H groups in total. The molecule has 0 spiro atoms. The lowest BCUT2D eigenvalue weighted by molar-refractivity contribution is -0.858. The van der Waals surface area contributed by atoms with Crippen LogP contribution in [0, 0.1) is 5.92 Å². The molecular weight excluding hydrogens is 661 g/mol. The number of nitrogens with one attached hydrogen (secondary N) is 1. The topological polar surface area (TPSA) is 98.6 Å². The van der Waals surface area contributed by atoms with Crippen LogP contribution in [-0.4, -0.2) is 59.1 Å². The van der Waals surface area contributed by atoms with Crippen LogP contribution in [0.4, 0.5) is 0 Å². The van der Waals surface area contributed by atoms with Gasteiger partial charge in [-0.3, -0.25) is 9.36 Å². The van der Waals surface area contributed by atoms with Gasteiger partial charge >= 0.3 is 5.97 Å². The Hall–Kier alpha value is -0.760. The molecule has 0 radical (unpaired) electrons. The first-order chi connectivity index (χ1) is 24.7. The Morgan fingerprint density at radius 1 is 0.647 bits per heavy atom. The Morgan fingerprint density at radius 3 is 1.67 bits per heavy atom. The van der Waals surface area contributed by atoms with Gasteiger partial charge in [0.15, 0.2) is 0 Å². The Bertz CT molecular complexity index is 823. The number of phosphoric ester groups is 1. The third-order valence-corrected chi connectivity index (χ3v) is 10.3. The molecule has 0 aromatic rings. The lowest BCUT2D eigenvalue weighted by Crippen LogP contribution is -3.06. The van der Waals surface area contributed by atoms with E-state index in [0.29, 0.717) is 19.6 Å². The molecule has 0 amide bonds. The number of esters is 1. The first-order valence-corrected chi connectivity index (χ1v) is 22.9. The summed E-state index contributed by atoms with van der Waals surface area (Å²) in [5, 5.41) is 0. The number of allylic oxidation sites excluding steroid dienone is 2. The number of unbranched alkanes of at least 4 members (excludes halogenated alkanes) is 22. The van der Waals surface area contributed by atoms with Gasteiger partial charge in [-0.2, -0.15) is 0 Å². The van der Waals surface area contributed by atoms with Gasteiger partial charge < -0.3 is 28.3 Å². The summed E-state index contributed by atoms with van der Waals surface area (Å²) in [7, 11) is -0.655. The van der Waals surface area contributed by atoms with Gasteiger partial charge in [0.2, 0.25) is 0 Å². The molecule has 304 valence electrons. The second kappa shape index (κ2) is 37.6. The van der Waals surface area contributed by atoms with Crippen molar-refractivity contribution in [1.29, 1.82) is 0 Å². The average Bonchev–Trinajstić information content (AvgIpc) is 3.08. The highest BCUT2D eigenvalue weighted by Gasteiger charge is 2.19. The zero-order valence-corrected chi connectivity index (χ0v) is 35.1. The lowest BCUT2D eigenvalue weighted by Gasteiger charge is -2.25. The summed E-state index contributed by atoms with van der Waals surface area (Å²) >= 11 is 0.